The van der Waals surface area contributed by atoms with Gasteiger partial charge in [-0.15, -0.1) is 0 Å². The molecular weight excluding hydrogens is 336 g/mol. The number of rotatable bonds is 3. The fourth-order valence-electron chi connectivity index (χ4n) is 3.59. The third-order valence-electron chi connectivity index (χ3n) is 5.02. The molecule has 5 nitrogen and oxygen atoms in total. The Morgan fingerprint density at radius 1 is 0.926 bits per heavy atom. The van der Waals surface area contributed by atoms with Crippen LogP contribution in [0.3, 0.4) is 0 Å². The number of pyridine rings is 2. The Morgan fingerprint density at radius 3 is 2.56 bits per heavy atom. The van der Waals surface area contributed by atoms with Crippen LogP contribution in [0.1, 0.15) is 0 Å². The summed E-state index contributed by atoms with van der Waals surface area (Å²) in [4.78, 5) is 11.1. The molecule has 3 aromatic heterocycles. The molecule has 27 heavy (non-hydrogen) atoms. The van der Waals surface area contributed by atoms with Crippen LogP contribution in [-0.2, 0) is 0 Å². The molecule has 0 atom stereocenters. The first kappa shape index (κ1) is 16.0. The summed E-state index contributed by atoms with van der Waals surface area (Å²) in [5, 5.41) is 3.39. The fourth-order valence-corrected chi connectivity index (χ4v) is 3.59. The predicted molar refractivity (Wildman–Crippen MR) is 108 cm³/mol. The molecule has 0 saturated carbocycles. The van der Waals surface area contributed by atoms with Crippen molar-refractivity contribution in [3.8, 4) is 22.5 Å². The van der Waals surface area contributed by atoms with Crippen molar-refractivity contribution in [3.05, 3.63) is 67.1 Å². The van der Waals surface area contributed by atoms with Crippen molar-refractivity contribution < 1.29 is 4.42 Å². The van der Waals surface area contributed by atoms with E-state index >= 15 is 0 Å². The minimum atomic E-state index is 0.798. The van der Waals surface area contributed by atoms with Crippen LogP contribution in [-0.4, -0.2) is 36.1 Å². The van der Waals surface area contributed by atoms with Gasteiger partial charge < -0.3 is 14.6 Å². The molecule has 5 heteroatoms. The minimum absolute atomic E-state index is 0.798. The van der Waals surface area contributed by atoms with Gasteiger partial charge in [0.05, 0.1) is 0 Å². The Labute approximate surface area is 157 Å². The van der Waals surface area contributed by atoms with Gasteiger partial charge in [0, 0.05) is 73.2 Å². The molecular formula is C22H20N4O. The van der Waals surface area contributed by atoms with E-state index in [0.29, 0.717) is 0 Å². The molecule has 0 spiro atoms. The second-order valence-corrected chi connectivity index (χ2v) is 6.71. The zero-order valence-electron chi connectivity index (χ0n) is 14.9. The van der Waals surface area contributed by atoms with Gasteiger partial charge in [0.15, 0.2) is 5.58 Å². The van der Waals surface area contributed by atoms with Crippen molar-refractivity contribution in [2.45, 2.75) is 0 Å². The Balaban J connectivity index is 1.50. The van der Waals surface area contributed by atoms with Crippen LogP contribution < -0.4 is 10.2 Å². The van der Waals surface area contributed by atoms with Gasteiger partial charge in [-0.05, 0) is 36.4 Å². The van der Waals surface area contributed by atoms with Gasteiger partial charge in [-0.25, -0.2) is 0 Å². The maximum Gasteiger partial charge on any atom is 0.161 e. The molecule has 1 aliphatic heterocycles. The van der Waals surface area contributed by atoms with Gasteiger partial charge in [0.25, 0.3) is 0 Å². The van der Waals surface area contributed by atoms with E-state index in [4.69, 9.17) is 4.42 Å². The molecule has 4 aromatic rings. The summed E-state index contributed by atoms with van der Waals surface area (Å²) in [7, 11) is 0. The predicted octanol–water partition coefficient (Wildman–Crippen LogP) is 3.97. The third-order valence-corrected chi connectivity index (χ3v) is 5.02. The van der Waals surface area contributed by atoms with Crippen molar-refractivity contribution in [2.24, 2.45) is 0 Å². The largest absolute Gasteiger partial charge is 0.454 e. The highest BCUT2D eigenvalue weighted by Gasteiger charge is 2.14. The average Bonchev–Trinajstić information content (AvgIpc) is 3.19. The smallest absolute Gasteiger partial charge is 0.161 e. The van der Waals surface area contributed by atoms with E-state index < -0.39 is 0 Å². The van der Waals surface area contributed by atoms with E-state index in [2.05, 4.69) is 44.5 Å². The molecule has 1 aromatic carbocycles. The second-order valence-electron chi connectivity index (χ2n) is 6.71. The normalized spacial score (nSPS) is 14.6. The summed E-state index contributed by atoms with van der Waals surface area (Å²) in [6.07, 6.45) is 5.44. The van der Waals surface area contributed by atoms with Crippen molar-refractivity contribution in [2.75, 3.05) is 31.1 Å². The summed E-state index contributed by atoms with van der Waals surface area (Å²) in [6.45, 7) is 4.16. The van der Waals surface area contributed by atoms with Gasteiger partial charge >= 0.3 is 0 Å². The number of benzene rings is 1. The van der Waals surface area contributed by atoms with Gasteiger partial charge in [0.2, 0.25) is 0 Å². The van der Waals surface area contributed by atoms with Crippen LogP contribution in [0.15, 0.2) is 71.5 Å². The summed E-state index contributed by atoms with van der Waals surface area (Å²) < 4.78 is 6.21. The zero-order valence-corrected chi connectivity index (χ0v) is 14.9. The molecule has 0 radical (unpaired) electrons. The first-order chi connectivity index (χ1) is 13.4. The minimum Gasteiger partial charge on any atom is -0.454 e. The van der Waals surface area contributed by atoms with E-state index in [0.717, 1.165) is 59.7 Å². The molecule has 134 valence electrons. The highest BCUT2D eigenvalue weighted by Crippen LogP contribution is 2.33. The summed E-state index contributed by atoms with van der Waals surface area (Å²) in [5.41, 5.74) is 6.01. The molecule has 5 rings (SSSR count). The number of hydrogen-bond acceptors (Lipinski definition) is 5. The van der Waals surface area contributed by atoms with Crippen LogP contribution in [0, 0.1) is 0 Å². The van der Waals surface area contributed by atoms with Gasteiger partial charge in [0.1, 0.15) is 11.3 Å². The maximum absolute atomic E-state index is 6.21. The first-order valence-corrected chi connectivity index (χ1v) is 9.23. The highest BCUT2D eigenvalue weighted by atomic mass is 16.3. The molecule has 0 bridgehead atoms. The lowest BCUT2D eigenvalue weighted by atomic mass is 10.1. The van der Waals surface area contributed by atoms with Crippen LogP contribution in [0.2, 0.25) is 0 Å². The lowest BCUT2D eigenvalue weighted by molar-refractivity contribution is 0.589. The van der Waals surface area contributed by atoms with E-state index in [-0.39, 0.29) is 0 Å². The Hall–Kier alpha value is -3.18. The molecule has 1 saturated heterocycles. The van der Waals surface area contributed by atoms with Crippen LogP contribution in [0.4, 0.5) is 5.69 Å². The van der Waals surface area contributed by atoms with Crippen molar-refractivity contribution in [1.29, 1.82) is 0 Å². The van der Waals surface area contributed by atoms with Gasteiger partial charge in [-0.2, -0.15) is 0 Å². The van der Waals surface area contributed by atoms with Crippen LogP contribution in [0.25, 0.3) is 33.6 Å². The Bertz CT molecular complexity index is 1050. The van der Waals surface area contributed by atoms with Gasteiger partial charge in [-0.1, -0.05) is 6.07 Å². The second kappa shape index (κ2) is 6.85. The fraction of sp³-hybridized carbons (Fsp3) is 0.182. The number of nitrogens with zero attached hydrogens (tertiary/aromatic N) is 3. The summed E-state index contributed by atoms with van der Waals surface area (Å²) in [5.74, 6) is 0.834. The molecule has 0 aliphatic carbocycles. The number of furan rings is 1. The molecule has 1 fully saturated rings. The van der Waals surface area contributed by atoms with Crippen LogP contribution >= 0.6 is 0 Å². The number of piperazine rings is 1. The maximum atomic E-state index is 6.21. The highest BCUT2D eigenvalue weighted by molar-refractivity contribution is 5.92. The quantitative estimate of drug-likeness (QED) is 0.602. The Morgan fingerprint density at radius 2 is 1.78 bits per heavy atom. The lowest BCUT2D eigenvalue weighted by Gasteiger charge is -2.29. The van der Waals surface area contributed by atoms with Gasteiger partial charge in [-0.3, -0.25) is 9.97 Å². The number of aromatic nitrogens is 2. The SMILES string of the molecule is c1cncc(-c2ccnc3cc(-c4ccc(N5CCNCC5)cc4)oc23)c1. The van der Waals surface area contributed by atoms with E-state index in [1.165, 1.54) is 5.69 Å². The topological polar surface area (TPSA) is 54.2 Å². The van der Waals surface area contributed by atoms with E-state index in [9.17, 15) is 0 Å². The van der Waals surface area contributed by atoms with E-state index in [1.54, 1.807) is 6.20 Å². The first-order valence-electron chi connectivity index (χ1n) is 9.23. The average molecular weight is 356 g/mol. The molecule has 4 heterocycles. The third kappa shape index (κ3) is 3.06. The number of anilines is 1. The molecule has 1 N–H and O–H groups in total. The van der Waals surface area contributed by atoms with Crippen LogP contribution in [0.5, 0.6) is 0 Å². The lowest BCUT2D eigenvalue weighted by Crippen LogP contribution is -2.43. The molecule has 0 unspecified atom stereocenters. The summed E-state index contributed by atoms with van der Waals surface area (Å²) in [6, 6.07) is 16.5. The monoisotopic (exact) mass is 356 g/mol. The standard InChI is InChI=1S/C22H20N4O/c1-2-17(15-24-8-1)19-7-9-25-20-14-21(27-22(19)20)16-3-5-18(6-4-16)26-12-10-23-11-13-26/h1-9,14-15,23H,10-13H2. The summed E-state index contributed by atoms with van der Waals surface area (Å²) >= 11 is 0. The number of hydrogen-bond donors (Lipinski definition) is 1. The van der Waals surface area contributed by atoms with Crippen molar-refractivity contribution >= 4 is 16.8 Å². The Kier molecular flexibility index (Phi) is 4.07. The van der Waals surface area contributed by atoms with E-state index in [1.807, 2.05) is 36.7 Å². The van der Waals surface area contributed by atoms with Crippen molar-refractivity contribution in [3.63, 3.8) is 0 Å². The number of nitrogens with one attached hydrogen (secondary N) is 1. The number of fused-ring (bicyclic) bond motifs is 1. The molecule has 1 aliphatic rings. The molecule has 0 amide bonds. The zero-order chi connectivity index (χ0) is 18.1. The van der Waals surface area contributed by atoms with Crippen molar-refractivity contribution in [1.82, 2.24) is 15.3 Å².